The van der Waals surface area contributed by atoms with Crippen LogP contribution in [0.2, 0.25) is 0 Å². The summed E-state index contributed by atoms with van der Waals surface area (Å²) in [6, 6.07) is 12.0. The maximum Gasteiger partial charge on any atom is 0.200 e. The van der Waals surface area contributed by atoms with Gasteiger partial charge in [0.05, 0.1) is 20.3 Å². The number of benzene rings is 2. The van der Waals surface area contributed by atoms with E-state index in [0.29, 0.717) is 28.4 Å². The molecule has 0 saturated heterocycles. The van der Waals surface area contributed by atoms with E-state index in [1.54, 1.807) is 24.3 Å². The number of thiocarbonyl (C=S) groups is 1. The number of phenols is 1. The SMILES string of the molecule is CCN1C(=S)NC(c2cc(OC)c(O)c(OC)c2)C(C(=O)c2ccccc2)=C1C. The number of phenolic OH excluding ortho intramolecular Hbond substituents is 1. The number of hydrogen-bond acceptors (Lipinski definition) is 5. The van der Waals surface area contributed by atoms with E-state index in [1.807, 2.05) is 36.9 Å². The van der Waals surface area contributed by atoms with Crippen molar-refractivity contribution < 1.29 is 19.4 Å². The summed E-state index contributed by atoms with van der Waals surface area (Å²) in [7, 11) is 2.93. The topological polar surface area (TPSA) is 71.0 Å². The number of methoxy groups -OCH3 is 2. The molecule has 1 aliphatic rings. The molecule has 0 amide bonds. The van der Waals surface area contributed by atoms with Gasteiger partial charge in [-0.1, -0.05) is 30.3 Å². The maximum absolute atomic E-state index is 13.5. The first-order valence-corrected chi connectivity index (χ1v) is 9.67. The van der Waals surface area contributed by atoms with Gasteiger partial charge >= 0.3 is 0 Å². The monoisotopic (exact) mass is 412 g/mol. The quantitative estimate of drug-likeness (QED) is 0.552. The second kappa shape index (κ2) is 8.53. The minimum Gasteiger partial charge on any atom is -0.502 e. The van der Waals surface area contributed by atoms with Crippen LogP contribution in [0.5, 0.6) is 17.2 Å². The molecule has 2 aromatic rings. The summed E-state index contributed by atoms with van der Waals surface area (Å²) in [5, 5.41) is 14.1. The van der Waals surface area contributed by atoms with E-state index >= 15 is 0 Å². The Bertz CT molecular complexity index is 947. The molecule has 0 aromatic heterocycles. The van der Waals surface area contributed by atoms with E-state index in [4.69, 9.17) is 21.7 Å². The Hall–Kier alpha value is -3.06. The van der Waals surface area contributed by atoms with Crippen LogP contribution in [0.15, 0.2) is 53.7 Å². The Morgan fingerprint density at radius 1 is 1.17 bits per heavy atom. The number of allylic oxidation sites excluding steroid dienone is 1. The lowest BCUT2D eigenvalue weighted by atomic mass is 9.89. The zero-order chi connectivity index (χ0) is 21.1. The van der Waals surface area contributed by atoms with Crippen molar-refractivity contribution in [2.24, 2.45) is 0 Å². The molecule has 152 valence electrons. The van der Waals surface area contributed by atoms with Crippen molar-refractivity contribution in [2.45, 2.75) is 19.9 Å². The van der Waals surface area contributed by atoms with Crippen molar-refractivity contribution in [3.8, 4) is 17.2 Å². The Morgan fingerprint density at radius 2 is 1.76 bits per heavy atom. The molecule has 7 heteroatoms. The number of carbonyl (C=O) groups excluding carboxylic acids is 1. The van der Waals surface area contributed by atoms with E-state index in [0.717, 1.165) is 5.70 Å². The molecule has 2 aromatic carbocycles. The van der Waals surface area contributed by atoms with Gasteiger partial charge in [0, 0.05) is 23.4 Å². The van der Waals surface area contributed by atoms with Crippen molar-refractivity contribution in [3.63, 3.8) is 0 Å². The van der Waals surface area contributed by atoms with Crippen LogP contribution < -0.4 is 14.8 Å². The second-order valence-electron chi connectivity index (χ2n) is 6.60. The lowest BCUT2D eigenvalue weighted by Crippen LogP contribution is -2.47. The fraction of sp³-hybridized carbons (Fsp3) is 0.273. The van der Waals surface area contributed by atoms with Gasteiger partial charge in [0.25, 0.3) is 0 Å². The van der Waals surface area contributed by atoms with Crippen LogP contribution in [0, 0.1) is 0 Å². The first kappa shape index (κ1) is 20.7. The molecule has 0 bridgehead atoms. The Balaban J connectivity index is 2.19. The predicted octanol–water partition coefficient (Wildman–Crippen LogP) is 3.82. The second-order valence-corrected chi connectivity index (χ2v) is 6.98. The summed E-state index contributed by atoms with van der Waals surface area (Å²) in [5.74, 6) is 0.333. The Morgan fingerprint density at radius 3 is 2.28 bits per heavy atom. The number of carbonyl (C=O) groups is 1. The van der Waals surface area contributed by atoms with Crippen LogP contribution in [-0.2, 0) is 0 Å². The molecule has 3 rings (SSSR count). The predicted molar refractivity (Wildman–Crippen MR) is 116 cm³/mol. The molecule has 0 saturated carbocycles. The average Bonchev–Trinajstić information content (AvgIpc) is 2.74. The van der Waals surface area contributed by atoms with E-state index < -0.39 is 6.04 Å². The van der Waals surface area contributed by atoms with Crippen LogP contribution in [0.3, 0.4) is 0 Å². The van der Waals surface area contributed by atoms with Crippen LogP contribution >= 0.6 is 12.2 Å². The number of ketones is 1. The molecule has 0 aliphatic carbocycles. The highest BCUT2D eigenvalue weighted by Crippen LogP contribution is 2.42. The molecule has 2 N–H and O–H groups in total. The highest BCUT2D eigenvalue weighted by Gasteiger charge is 2.34. The molecule has 1 atom stereocenters. The molecule has 29 heavy (non-hydrogen) atoms. The van der Waals surface area contributed by atoms with E-state index in [-0.39, 0.29) is 23.0 Å². The van der Waals surface area contributed by atoms with Crippen LogP contribution in [0.1, 0.15) is 35.8 Å². The van der Waals surface area contributed by atoms with Crippen molar-refractivity contribution in [2.75, 3.05) is 20.8 Å². The lowest BCUT2D eigenvalue weighted by molar-refractivity contribution is 0.102. The fourth-order valence-corrected chi connectivity index (χ4v) is 3.92. The summed E-state index contributed by atoms with van der Waals surface area (Å²) >= 11 is 5.54. The summed E-state index contributed by atoms with van der Waals surface area (Å²) in [6.45, 7) is 4.52. The minimum absolute atomic E-state index is 0.0902. The van der Waals surface area contributed by atoms with Crippen molar-refractivity contribution in [1.82, 2.24) is 10.2 Å². The van der Waals surface area contributed by atoms with Gasteiger partial charge in [0.1, 0.15) is 0 Å². The average molecular weight is 413 g/mol. The van der Waals surface area contributed by atoms with Crippen LogP contribution in [0.25, 0.3) is 0 Å². The highest BCUT2D eigenvalue weighted by molar-refractivity contribution is 7.80. The smallest absolute Gasteiger partial charge is 0.200 e. The number of nitrogens with one attached hydrogen (secondary N) is 1. The number of Topliss-reactive ketones (excluding diaryl/α,β-unsaturated/α-hetero) is 1. The van der Waals surface area contributed by atoms with Crippen LogP contribution in [-0.4, -0.2) is 41.7 Å². The molecule has 1 unspecified atom stereocenters. The maximum atomic E-state index is 13.5. The third-order valence-electron chi connectivity index (χ3n) is 5.03. The van der Waals surface area contributed by atoms with Crippen molar-refractivity contribution >= 4 is 23.1 Å². The standard InChI is InChI=1S/C22H24N2O4S/c1-5-24-13(2)18(20(25)14-9-7-6-8-10-14)19(23-22(24)29)15-11-16(27-3)21(26)17(12-15)28-4/h6-12,19,26H,5H2,1-4H3,(H,23,29). The summed E-state index contributed by atoms with van der Waals surface area (Å²) in [6.07, 6.45) is 0. The summed E-state index contributed by atoms with van der Waals surface area (Å²) < 4.78 is 10.6. The molecular formula is C22H24N2O4S. The van der Waals surface area contributed by atoms with Crippen molar-refractivity contribution in [3.05, 3.63) is 64.9 Å². The zero-order valence-electron chi connectivity index (χ0n) is 16.9. The normalized spacial score (nSPS) is 16.5. The largest absolute Gasteiger partial charge is 0.502 e. The van der Waals surface area contributed by atoms with Gasteiger partial charge in [-0.3, -0.25) is 4.79 Å². The van der Waals surface area contributed by atoms with Gasteiger partial charge in [0.15, 0.2) is 22.4 Å². The van der Waals surface area contributed by atoms with E-state index in [2.05, 4.69) is 5.32 Å². The van der Waals surface area contributed by atoms with E-state index in [1.165, 1.54) is 14.2 Å². The zero-order valence-corrected chi connectivity index (χ0v) is 17.7. The Kier molecular flexibility index (Phi) is 6.08. The number of hydrogen-bond donors (Lipinski definition) is 2. The molecule has 6 nitrogen and oxygen atoms in total. The lowest BCUT2D eigenvalue weighted by Gasteiger charge is -2.37. The molecular weight excluding hydrogens is 388 g/mol. The highest BCUT2D eigenvalue weighted by atomic mass is 32.1. The minimum atomic E-state index is -0.513. The summed E-state index contributed by atoms with van der Waals surface area (Å²) in [4.78, 5) is 15.4. The van der Waals surface area contributed by atoms with Gasteiger partial charge in [-0.05, 0) is 43.8 Å². The number of nitrogens with zero attached hydrogens (tertiary/aromatic N) is 1. The van der Waals surface area contributed by atoms with Crippen molar-refractivity contribution in [1.29, 1.82) is 0 Å². The van der Waals surface area contributed by atoms with Crippen LogP contribution in [0.4, 0.5) is 0 Å². The van der Waals surface area contributed by atoms with E-state index in [9.17, 15) is 9.90 Å². The number of rotatable bonds is 6. The molecule has 0 fully saturated rings. The first-order valence-electron chi connectivity index (χ1n) is 9.26. The third-order valence-corrected chi connectivity index (χ3v) is 5.37. The van der Waals surface area contributed by atoms with Gasteiger partial charge in [-0.25, -0.2) is 0 Å². The van der Waals surface area contributed by atoms with Gasteiger partial charge in [0.2, 0.25) is 5.75 Å². The van der Waals surface area contributed by atoms with Gasteiger partial charge in [-0.15, -0.1) is 0 Å². The molecule has 1 aliphatic heterocycles. The fourth-order valence-electron chi connectivity index (χ4n) is 3.53. The Labute approximate surface area is 175 Å². The molecule has 1 heterocycles. The number of aromatic hydroxyl groups is 1. The summed E-state index contributed by atoms with van der Waals surface area (Å²) in [5.41, 5.74) is 2.67. The van der Waals surface area contributed by atoms with Gasteiger partial charge < -0.3 is 24.8 Å². The first-order chi connectivity index (χ1) is 13.9. The molecule has 0 radical (unpaired) electrons. The number of ether oxygens (including phenoxy) is 2. The molecule has 0 spiro atoms. The van der Waals surface area contributed by atoms with Gasteiger partial charge in [-0.2, -0.15) is 0 Å². The third kappa shape index (κ3) is 3.78.